The second-order valence-corrected chi connectivity index (χ2v) is 3.98. The van der Waals surface area contributed by atoms with E-state index in [1.54, 1.807) is 23.6 Å². The Bertz CT molecular complexity index is 516. The van der Waals surface area contributed by atoms with Crippen LogP contribution in [-0.4, -0.2) is 18.2 Å². The van der Waals surface area contributed by atoms with E-state index in [9.17, 15) is 9.90 Å². The quantitative estimate of drug-likeness (QED) is 0.813. The predicted molar refractivity (Wildman–Crippen MR) is 62.8 cm³/mol. The van der Waals surface area contributed by atoms with E-state index in [1.165, 1.54) is 18.4 Å². The van der Waals surface area contributed by atoms with Crippen LogP contribution in [0.4, 0.5) is 0 Å². The van der Waals surface area contributed by atoms with Crippen LogP contribution in [0.15, 0.2) is 35.0 Å². The first-order chi connectivity index (χ1) is 7.72. The zero-order valence-electron chi connectivity index (χ0n) is 8.64. The normalized spacial score (nSPS) is 10.1. The van der Waals surface area contributed by atoms with Crippen molar-refractivity contribution in [3.8, 4) is 16.9 Å². The van der Waals surface area contributed by atoms with Crippen LogP contribution in [0.2, 0.25) is 0 Å². The van der Waals surface area contributed by atoms with Gasteiger partial charge in [0.05, 0.1) is 12.7 Å². The first kappa shape index (κ1) is 10.7. The number of ether oxygens (including phenoxy) is 1. The van der Waals surface area contributed by atoms with Gasteiger partial charge in [0.1, 0.15) is 5.75 Å². The Labute approximate surface area is 96.9 Å². The van der Waals surface area contributed by atoms with Gasteiger partial charge in [-0.25, -0.2) is 4.79 Å². The molecule has 3 nitrogen and oxygen atoms in total. The number of methoxy groups -OCH3 is 1. The van der Waals surface area contributed by atoms with Gasteiger partial charge in [0.15, 0.2) is 0 Å². The molecule has 82 valence electrons. The second kappa shape index (κ2) is 4.37. The van der Waals surface area contributed by atoms with Crippen LogP contribution >= 0.6 is 11.3 Å². The number of thiophene rings is 1. The maximum atomic E-state index is 11.5. The number of hydrogen-bond donors (Lipinski definition) is 1. The molecule has 0 bridgehead atoms. The maximum absolute atomic E-state index is 11.5. The van der Waals surface area contributed by atoms with Crippen molar-refractivity contribution in [1.82, 2.24) is 0 Å². The number of rotatable bonds is 2. The Hall–Kier alpha value is -1.81. The van der Waals surface area contributed by atoms with E-state index in [0.717, 1.165) is 11.1 Å². The standard InChI is InChI=1S/C12H10O3S/c1-15-12(14)11-7-16-6-10(11)8-3-2-4-9(13)5-8/h2-7,13H,1H3. The topological polar surface area (TPSA) is 46.5 Å². The molecule has 2 rings (SSSR count). The molecule has 1 aromatic heterocycles. The molecule has 0 aliphatic carbocycles. The highest BCUT2D eigenvalue weighted by Crippen LogP contribution is 2.29. The molecule has 0 fully saturated rings. The second-order valence-electron chi connectivity index (χ2n) is 3.24. The van der Waals surface area contributed by atoms with Crippen LogP contribution in [0.3, 0.4) is 0 Å². The lowest BCUT2D eigenvalue weighted by atomic mass is 10.0. The molecule has 1 heterocycles. The summed E-state index contributed by atoms with van der Waals surface area (Å²) in [5.74, 6) is -0.181. The van der Waals surface area contributed by atoms with Gasteiger partial charge in [-0.1, -0.05) is 12.1 Å². The summed E-state index contributed by atoms with van der Waals surface area (Å²) in [7, 11) is 1.35. The minimum Gasteiger partial charge on any atom is -0.508 e. The molecular formula is C12H10O3S. The number of phenols is 1. The molecule has 1 aromatic carbocycles. The highest BCUT2D eigenvalue weighted by atomic mass is 32.1. The van der Waals surface area contributed by atoms with E-state index in [4.69, 9.17) is 4.74 Å². The number of phenolic OH excluding ortho intramolecular Hbond substituents is 1. The lowest BCUT2D eigenvalue weighted by molar-refractivity contribution is 0.0602. The molecule has 0 aliphatic heterocycles. The third-order valence-electron chi connectivity index (χ3n) is 2.22. The Balaban J connectivity index is 2.48. The van der Waals surface area contributed by atoms with Crippen LogP contribution in [0, 0.1) is 0 Å². The van der Waals surface area contributed by atoms with Crippen molar-refractivity contribution in [2.75, 3.05) is 7.11 Å². The number of carbonyl (C=O) groups is 1. The highest BCUT2D eigenvalue weighted by molar-refractivity contribution is 7.08. The summed E-state index contributed by atoms with van der Waals surface area (Å²) in [6, 6.07) is 6.79. The lowest BCUT2D eigenvalue weighted by Gasteiger charge is -2.03. The average Bonchev–Trinajstić information content (AvgIpc) is 2.77. The van der Waals surface area contributed by atoms with Crippen molar-refractivity contribution in [2.24, 2.45) is 0 Å². The van der Waals surface area contributed by atoms with Gasteiger partial charge in [-0.05, 0) is 23.1 Å². The molecular weight excluding hydrogens is 224 g/mol. The first-order valence-electron chi connectivity index (χ1n) is 4.66. The number of esters is 1. The summed E-state index contributed by atoms with van der Waals surface area (Å²) in [6.45, 7) is 0. The number of hydrogen-bond acceptors (Lipinski definition) is 4. The van der Waals surface area contributed by atoms with E-state index in [-0.39, 0.29) is 11.7 Å². The van der Waals surface area contributed by atoms with E-state index >= 15 is 0 Å². The van der Waals surface area contributed by atoms with Gasteiger partial charge in [0, 0.05) is 10.9 Å². The maximum Gasteiger partial charge on any atom is 0.339 e. The van der Waals surface area contributed by atoms with Gasteiger partial charge in [-0.2, -0.15) is 11.3 Å². The third-order valence-corrected chi connectivity index (χ3v) is 2.97. The highest BCUT2D eigenvalue weighted by Gasteiger charge is 2.14. The molecule has 0 amide bonds. The van der Waals surface area contributed by atoms with Crippen molar-refractivity contribution in [1.29, 1.82) is 0 Å². The number of aromatic hydroxyl groups is 1. The number of carbonyl (C=O) groups excluding carboxylic acids is 1. The Kier molecular flexibility index (Phi) is 2.92. The van der Waals surface area contributed by atoms with Gasteiger partial charge >= 0.3 is 5.97 Å². The summed E-state index contributed by atoms with van der Waals surface area (Å²) >= 11 is 1.43. The third kappa shape index (κ3) is 1.92. The lowest BCUT2D eigenvalue weighted by Crippen LogP contribution is -2.00. The molecule has 1 N–H and O–H groups in total. The van der Waals surface area contributed by atoms with Crippen molar-refractivity contribution in [3.63, 3.8) is 0 Å². The van der Waals surface area contributed by atoms with E-state index in [1.807, 2.05) is 11.4 Å². The fourth-order valence-corrected chi connectivity index (χ4v) is 2.29. The fourth-order valence-electron chi connectivity index (χ4n) is 1.46. The molecule has 0 spiro atoms. The van der Waals surface area contributed by atoms with E-state index < -0.39 is 0 Å². The van der Waals surface area contributed by atoms with Crippen LogP contribution < -0.4 is 0 Å². The van der Waals surface area contributed by atoms with Crippen molar-refractivity contribution >= 4 is 17.3 Å². The van der Waals surface area contributed by atoms with Gasteiger partial charge in [-0.3, -0.25) is 0 Å². The summed E-state index contributed by atoms with van der Waals surface area (Å²) in [4.78, 5) is 11.5. The summed E-state index contributed by atoms with van der Waals surface area (Å²) in [5.41, 5.74) is 2.12. The Morgan fingerprint density at radius 1 is 1.38 bits per heavy atom. The molecule has 0 saturated heterocycles. The number of benzene rings is 1. The van der Waals surface area contributed by atoms with Crippen molar-refractivity contribution in [2.45, 2.75) is 0 Å². The first-order valence-corrected chi connectivity index (χ1v) is 5.60. The molecule has 0 unspecified atom stereocenters. The van der Waals surface area contributed by atoms with Crippen LogP contribution in [0.5, 0.6) is 5.75 Å². The monoisotopic (exact) mass is 234 g/mol. The molecule has 0 radical (unpaired) electrons. The predicted octanol–water partition coefficient (Wildman–Crippen LogP) is 2.91. The fraction of sp³-hybridized carbons (Fsp3) is 0.0833. The minimum absolute atomic E-state index is 0.180. The summed E-state index contributed by atoms with van der Waals surface area (Å²) < 4.78 is 4.69. The SMILES string of the molecule is COC(=O)c1cscc1-c1cccc(O)c1. The smallest absolute Gasteiger partial charge is 0.339 e. The van der Waals surface area contributed by atoms with E-state index in [0.29, 0.717) is 5.56 Å². The minimum atomic E-state index is -0.361. The molecule has 4 heteroatoms. The molecule has 0 aliphatic rings. The molecule has 0 atom stereocenters. The zero-order valence-corrected chi connectivity index (χ0v) is 9.45. The zero-order chi connectivity index (χ0) is 11.5. The molecule has 16 heavy (non-hydrogen) atoms. The van der Waals surface area contributed by atoms with Gasteiger partial charge in [0.2, 0.25) is 0 Å². The summed E-state index contributed by atoms with van der Waals surface area (Å²) in [6.07, 6.45) is 0. The van der Waals surface area contributed by atoms with Gasteiger partial charge in [0.25, 0.3) is 0 Å². The molecule has 0 saturated carbocycles. The van der Waals surface area contributed by atoms with Crippen LogP contribution in [-0.2, 0) is 4.74 Å². The van der Waals surface area contributed by atoms with Crippen molar-refractivity contribution in [3.05, 3.63) is 40.6 Å². The van der Waals surface area contributed by atoms with Crippen LogP contribution in [0.25, 0.3) is 11.1 Å². The van der Waals surface area contributed by atoms with Gasteiger partial charge in [-0.15, -0.1) is 0 Å². The van der Waals surface area contributed by atoms with E-state index in [2.05, 4.69) is 0 Å². The van der Waals surface area contributed by atoms with Crippen molar-refractivity contribution < 1.29 is 14.6 Å². The largest absolute Gasteiger partial charge is 0.508 e. The Morgan fingerprint density at radius 2 is 2.19 bits per heavy atom. The van der Waals surface area contributed by atoms with Crippen LogP contribution in [0.1, 0.15) is 10.4 Å². The molecule has 2 aromatic rings. The van der Waals surface area contributed by atoms with Gasteiger partial charge < -0.3 is 9.84 Å². The Morgan fingerprint density at radius 3 is 2.88 bits per heavy atom. The average molecular weight is 234 g/mol. The summed E-state index contributed by atoms with van der Waals surface area (Å²) in [5, 5.41) is 13.0.